The Morgan fingerprint density at radius 2 is 1.69 bits per heavy atom. The highest BCUT2D eigenvalue weighted by atomic mass is 32.2. The Bertz CT molecular complexity index is 1450. The van der Waals surface area contributed by atoms with Crippen LogP contribution < -0.4 is 0 Å². The molecule has 2 aromatic heterocycles. The van der Waals surface area contributed by atoms with E-state index in [1.807, 2.05) is 36.4 Å². The fourth-order valence-electron chi connectivity index (χ4n) is 4.04. The van der Waals surface area contributed by atoms with Gasteiger partial charge in [0.2, 0.25) is 10.0 Å². The molecule has 4 aromatic rings. The summed E-state index contributed by atoms with van der Waals surface area (Å²) in [5, 5.41) is 4.66. The average molecular weight is 492 g/mol. The summed E-state index contributed by atoms with van der Waals surface area (Å²) in [5.74, 6) is -0.855. The lowest BCUT2D eigenvalue weighted by molar-refractivity contribution is 0.0698. The maximum atomic E-state index is 13.6. The van der Waals surface area contributed by atoms with Crippen LogP contribution in [0.4, 0.5) is 4.39 Å². The third kappa shape index (κ3) is 4.58. The first-order chi connectivity index (χ1) is 16.9. The van der Waals surface area contributed by atoms with Crippen LogP contribution >= 0.6 is 0 Å². The molecular formula is C25H22FN5O3S. The van der Waals surface area contributed by atoms with Crippen molar-refractivity contribution in [2.75, 3.05) is 26.2 Å². The van der Waals surface area contributed by atoms with E-state index in [0.717, 1.165) is 11.8 Å². The van der Waals surface area contributed by atoms with Gasteiger partial charge in [0, 0.05) is 50.3 Å². The number of para-hydroxylation sites is 1. The quantitative estimate of drug-likeness (QED) is 0.428. The van der Waals surface area contributed by atoms with E-state index in [0.29, 0.717) is 16.8 Å². The number of piperazine rings is 1. The Morgan fingerprint density at radius 3 is 2.37 bits per heavy atom. The minimum absolute atomic E-state index is 0.0970. The number of nitrogens with zero attached hydrogens (tertiary/aromatic N) is 5. The van der Waals surface area contributed by atoms with Gasteiger partial charge in [0.1, 0.15) is 11.5 Å². The van der Waals surface area contributed by atoms with Gasteiger partial charge in [-0.1, -0.05) is 24.3 Å². The second kappa shape index (κ2) is 9.40. The summed E-state index contributed by atoms with van der Waals surface area (Å²) >= 11 is 0. The summed E-state index contributed by atoms with van der Waals surface area (Å²) in [6.07, 6.45) is 4.99. The fraction of sp³-hybridized carbons (Fsp3) is 0.160. The number of pyridine rings is 1. The predicted molar refractivity (Wildman–Crippen MR) is 128 cm³/mol. The topological polar surface area (TPSA) is 88.4 Å². The summed E-state index contributed by atoms with van der Waals surface area (Å²) in [6, 6.07) is 18.0. The van der Waals surface area contributed by atoms with Crippen molar-refractivity contribution in [2.45, 2.75) is 4.90 Å². The molecular weight excluding hydrogens is 469 g/mol. The van der Waals surface area contributed by atoms with Gasteiger partial charge in [-0.25, -0.2) is 17.5 Å². The third-order valence-corrected chi connectivity index (χ3v) is 7.75. The molecule has 8 nitrogen and oxygen atoms in total. The second-order valence-electron chi connectivity index (χ2n) is 8.07. The Morgan fingerprint density at radius 1 is 0.914 bits per heavy atom. The van der Waals surface area contributed by atoms with Crippen LogP contribution in [0.3, 0.4) is 0 Å². The number of rotatable bonds is 5. The number of hydrogen-bond donors (Lipinski definition) is 0. The smallest absolute Gasteiger partial charge is 0.257 e. The molecule has 0 saturated carbocycles. The summed E-state index contributed by atoms with van der Waals surface area (Å²) in [6.45, 7) is 0.631. The zero-order chi connectivity index (χ0) is 24.4. The van der Waals surface area contributed by atoms with E-state index in [1.54, 1.807) is 34.2 Å². The van der Waals surface area contributed by atoms with Gasteiger partial charge in [-0.3, -0.25) is 9.78 Å². The van der Waals surface area contributed by atoms with Gasteiger partial charge in [0.05, 0.1) is 16.1 Å². The maximum Gasteiger partial charge on any atom is 0.257 e. The Hall–Kier alpha value is -3.89. The normalized spacial score (nSPS) is 14.7. The van der Waals surface area contributed by atoms with Gasteiger partial charge in [-0.05, 0) is 42.5 Å². The van der Waals surface area contributed by atoms with Gasteiger partial charge in [0.15, 0.2) is 0 Å². The molecule has 1 amide bonds. The largest absolute Gasteiger partial charge is 0.336 e. The summed E-state index contributed by atoms with van der Waals surface area (Å²) in [7, 11) is -3.85. The molecule has 1 saturated heterocycles. The Balaban J connectivity index is 1.40. The third-order valence-electron chi connectivity index (χ3n) is 5.86. The predicted octanol–water partition coefficient (Wildman–Crippen LogP) is 3.22. The number of amides is 1. The number of carbonyl (C=O) groups excluding carboxylic acids is 1. The van der Waals surface area contributed by atoms with Crippen LogP contribution in [-0.2, 0) is 10.0 Å². The van der Waals surface area contributed by atoms with Gasteiger partial charge < -0.3 is 4.90 Å². The van der Waals surface area contributed by atoms with Gasteiger partial charge in [0.25, 0.3) is 5.91 Å². The van der Waals surface area contributed by atoms with Crippen molar-refractivity contribution in [1.82, 2.24) is 24.0 Å². The van der Waals surface area contributed by atoms with Crippen molar-refractivity contribution in [2.24, 2.45) is 0 Å². The molecule has 0 bridgehead atoms. The highest BCUT2D eigenvalue weighted by molar-refractivity contribution is 7.89. The molecule has 1 aliphatic rings. The first-order valence-electron chi connectivity index (χ1n) is 11.0. The molecule has 2 aromatic carbocycles. The molecule has 5 rings (SSSR count). The van der Waals surface area contributed by atoms with Gasteiger partial charge in [-0.15, -0.1) is 0 Å². The highest BCUT2D eigenvalue weighted by Gasteiger charge is 2.32. The van der Waals surface area contributed by atoms with Crippen molar-refractivity contribution < 1.29 is 17.6 Å². The second-order valence-corrected chi connectivity index (χ2v) is 10.0. The molecule has 0 N–H and O–H groups in total. The molecule has 178 valence electrons. The minimum Gasteiger partial charge on any atom is -0.336 e. The van der Waals surface area contributed by atoms with E-state index in [9.17, 15) is 17.6 Å². The van der Waals surface area contributed by atoms with Crippen LogP contribution in [0, 0.1) is 5.82 Å². The number of sulfonamides is 1. The van der Waals surface area contributed by atoms with E-state index >= 15 is 0 Å². The lowest BCUT2D eigenvalue weighted by Crippen LogP contribution is -2.50. The lowest BCUT2D eigenvalue weighted by Gasteiger charge is -2.34. The highest BCUT2D eigenvalue weighted by Crippen LogP contribution is 2.26. The van der Waals surface area contributed by atoms with Crippen molar-refractivity contribution in [3.63, 3.8) is 0 Å². The zero-order valence-corrected chi connectivity index (χ0v) is 19.5. The number of carbonyl (C=O) groups is 1. The SMILES string of the molecule is O=C(c1cn(-c2ccccc2)nc1-c1cccnc1)N1CCN(S(=O)(=O)c2cccc(F)c2)CC1. The molecule has 0 atom stereocenters. The summed E-state index contributed by atoms with van der Waals surface area (Å²) in [4.78, 5) is 19.2. The maximum absolute atomic E-state index is 13.6. The van der Waals surface area contributed by atoms with Crippen LogP contribution in [0.25, 0.3) is 16.9 Å². The van der Waals surface area contributed by atoms with Crippen molar-refractivity contribution in [3.05, 3.63) is 96.7 Å². The Labute approximate surface area is 202 Å². The van der Waals surface area contributed by atoms with E-state index in [-0.39, 0.29) is 37.0 Å². The molecule has 0 unspecified atom stereocenters. The van der Waals surface area contributed by atoms with Crippen LogP contribution in [-0.4, -0.2) is 64.5 Å². The number of hydrogen-bond acceptors (Lipinski definition) is 5. The standard InChI is InChI=1S/C25H22FN5O3S/c26-20-7-4-10-22(16-20)35(33,34)30-14-12-29(13-15-30)25(32)23-18-31(21-8-2-1-3-9-21)28-24(23)19-6-5-11-27-17-19/h1-11,16-18H,12-15H2. The average Bonchev–Trinajstić information content (AvgIpc) is 3.35. The summed E-state index contributed by atoms with van der Waals surface area (Å²) < 4.78 is 42.3. The van der Waals surface area contributed by atoms with E-state index in [4.69, 9.17) is 0 Å². The van der Waals surface area contributed by atoms with E-state index in [2.05, 4.69) is 10.1 Å². The first-order valence-corrected chi connectivity index (χ1v) is 12.5. The molecule has 1 fully saturated rings. The summed E-state index contributed by atoms with van der Waals surface area (Å²) in [5.41, 5.74) is 2.42. The molecule has 1 aliphatic heterocycles. The number of benzene rings is 2. The van der Waals surface area contributed by atoms with E-state index < -0.39 is 15.8 Å². The van der Waals surface area contributed by atoms with Crippen LogP contribution in [0.1, 0.15) is 10.4 Å². The molecule has 0 aliphatic carbocycles. The van der Waals surface area contributed by atoms with E-state index in [1.165, 1.54) is 22.5 Å². The fourth-order valence-corrected chi connectivity index (χ4v) is 5.49. The van der Waals surface area contributed by atoms with Crippen LogP contribution in [0.15, 0.2) is 90.2 Å². The van der Waals surface area contributed by atoms with Crippen LogP contribution in [0.2, 0.25) is 0 Å². The molecule has 0 spiro atoms. The number of halogens is 1. The van der Waals surface area contributed by atoms with Crippen molar-refractivity contribution in [1.29, 1.82) is 0 Å². The van der Waals surface area contributed by atoms with Crippen LogP contribution in [0.5, 0.6) is 0 Å². The molecule has 10 heteroatoms. The molecule has 0 radical (unpaired) electrons. The first kappa shape index (κ1) is 22.9. The minimum atomic E-state index is -3.85. The van der Waals surface area contributed by atoms with Gasteiger partial charge >= 0.3 is 0 Å². The zero-order valence-electron chi connectivity index (χ0n) is 18.7. The van der Waals surface area contributed by atoms with Crippen molar-refractivity contribution in [3.8, 4) is 16.9 Å². The Kier molecular flexibility index (Phi) is 6.14. The van der Waals surface area contributed by atoms with Crippen molar-refractivity contribution >= 4 is 15.9 Å². The van der Waals surface area contributed by atoms with Gasteiger partial charge in [-0.2, -0.15) is 9.40 Å². The number of aromatic nitrogens is 3. The molecule has 35 heavy (non-hydrogen) atoms. The molecule has 3 heterocycles. The lowest BCUT2D eigenvalue weighted by atomic mass is 10.1. The monoisotopic (exact) mass is 491 g/mol.